The van der Waals surface area contributed by atoms with Crippen molar-refractivity contribution in [2.75, 3.05) is 39.2 Å². The fraction of sp³-hybridized carbons (Fsp3) is 0.450. The monoisotopic (exact) mass is 497 g/mol. The van der Waals surface area contributed by atoms with Crippen LogP contribution in [0.25, 0.3) is 0 Å². The SMILES string of the molecule is CS(=O)(=O)OCCOCCNC(=O)COc1cccc2c1C(=O)N(C1CCC(=O)NC1=O)C2=O. The van der Waals surface area contributed by atoms with Crippen LogP contribution in [0.4, 0.5) is 0 Å². The first-order valence-electron chi connectivity index (χ1n) is 10.2. The van der Waals surface area contributed by atoms with E-state index >= 15 is 0 Å². The van der Waals surface area contributed by atoms with E-state index in [1.54, 1.807) is 0 Å². The average molecular weight is 497 g/mol. The average Bonchev–Trinajstić information content (AvgIpc) is 3.02. The van der Waals surface area contributed by atoms with E-state index in [9.17, 15) is 32.4 Å². The van der Waals surface area contributed by atoms with Crippen LogP contribution < -0.4 is 15.4 Å². The zero-order valence-corrected chi connectivity index (χ0v) is 19.0. The molecule has 0 radical (unpaired) electrons. The van der Waals surface area contributed by atoms with Crippen molar-refractivity contribution in [3.8, 4) is 5.75 Å². The lowest BCUT2D eigenvalue weighted by molar-refractivity contribution is -0.136. The van der Waals surface area contributed by atoms with Crippen molar-refractivity contribution < 1.29 is 46.0 Å². The summed E-state index contributed by atoms with van der Waals surface area (Å²) in [6, 6.07) is 3.22. The van der Waals surface area contributed by atoms with Gasteiger partial charge in [0.1, 0.15) is 11.8 Å². The molecular weight excluding hydrogens is 474 g/mol. The number of hydrogen-bond acceptors (Lipinski definition) is 10. The number of rotatable bonds is 11. The number of hydrogen-bond donors (Lipinski definition) is 2. The molecule has 0 aliphatic carbocycles. The van der Waals surface area contributed by atoms with Gasteiger partial charge in [0.25, 0.3) is 27.8 Å². The van der Waals surface area contributed by atoms with E-state index in [4.69, 9.17) is 9.47 Å². The molecule has 3 rings (SSSR count). The van der Waals surface area contributed by atoms with Crippen molar-refractivity contribution in [3.05, 3.63) is 29.3 Å². The first kappa shape index (κ1) is 25.3. The Morgan fingerprint density at radius 1 is 1.15 bits per heavy atom. The van der Waals surface area contributed by atoms with Crippen LogP contribution in [0.5, 0.6) is 5.75 Å². The van der Waals surface area contributed by atoms with Crippen LogP contribution in [0.3, 0.4) is 0 Å². The summed E-state index contributed by atoms with van der Waals surface area (Å²) in [7, 11) is -3.54. The molecule has 0 aromatic heterocycles. The van der Waals surface area contributed by atoms with Gasteiger partial charge in [0.2, 0.25) is 11.8 Å². The molecule has 0 saturated carbocycles. The molecule has 14 heteroatoms. The summed E-state index contributed by atoms with van der Waals surface area (Å²) in [4.78, 5) is 62.1. The number of nitrogens with one attached hydrogen (secondary N) is 2. The smallest absolute Gasteiger partial charge is 0.266 e. The van der Waals surface area contributed by atoms with Gasteiger partial charge in [-0.15, -0.1) is 0 Å². The summed E-state index contributed by atoms with van der Waals surface area (Å²) in [5.41, 5.74) is -0.0171. The molecule has 1 fully saturated rings. The summed E-state index contributed by atoms with van der Waals surface area (Å²) < 4.78 is 36.7. The minimum Gasteiger partial charge on any atom is -0.483 e. The normalized spacial score (nSPS) is 18.0. The molecule has 184 valence electrons. The third kappa shape index (κ3) is 6.15. The molecule has 1 aromatic carbocycles. The van der Waals surface area contributed by atoms with Gasteiger partial charge in [0.05, 0.1) is 37.2 Å². The highest BCUT2D eigenvalue weighted by molar-refractivity contribution is 7.85. The van der Waals surface area contributed by atoms with Gasteiger partial charge in [0, 0.05) is 13.0 Å². The predicted molar refractivity (Wildman–Crippen MR) is 113 cm³/mol. The van der Waals surface area contributed by atoms with Gasteiger partial charge in [-0.25, -0.2) is 0 Å². The van der Waals surface area contributed by atoms with Gasteiger partial charge in [-0.2, -0.15) is 8.42 Å². The van der Waals surface area contributed by atoms with Gasteiger partial charge >= 0.3 is 0 Å². The van der Waals surface area contributed by atoms with Crippen molar-refractivity contribution in [3.63, 3.8) is 0 Å². The molecule has 0 bridgehead atoms. The molecular formula is C20H23N3O10S. The first-order chi connectivity index (χ1) is 16.1. The van der Waals surface area contributed by atoms with Crippen LogP contribution in [0.1, 0.15) is 33.6 Å². The summed E-state index contributed by atoms with van der Waals surface area (Å²) in [6.45, 7) is -0.345. The van der Waals surface area contributed by atoms with Crippen LogP contribution in [0.2, 0.25) is 0 Å². The topological polar surface area (TPSA) is 174 Å². The Labute approximate surface area is 194 Å². The second kappa shape index (κ2) is 10.7. The number of nitrogens with zero attached hydrogens (tertiary/aromatic N) is 1. The molecule has 5 amide bonds. The summed E-state index contributed by atoms with van der Waals surface area (Å²) in [6.07, 6.45) is 0.949. The van der Waals surface area contributed by atoms with Crippen molar-refractivity contribution >= 4 is 39.7 Å². The van der Waals surface area contributed by atoms with Crippen LogP contribution in [-0.4, -0.2) is 88.1 Å². The lowest BCUT2D eigenvalue weighted by Gasteiger charge is -2.27. The zero-order valence-electron chi connectivity index (χ0n) is 18.2. The predicted octanol–water partition coefficient (Wildman–Crippen LogP) is -1.42. The van der Waals surface area contributed by atoms with Crippen LogP contribution in [0.15, 0.2) is 18.2 Å². The number of carbonyl (C=O) groups is 5. The lowest BCUT2D eigenvalue weighted by Crippen LogP contribution is -2.54. The van der Waals surface area contributed by atoms with Gasteiger partial charge < -0.3 is 14.8 Å². The highest BCUT2D eigenvalue weighted by atomic mass is 32.2. The molecule has 2 aliphatic rings. The largest absolute Gasteiger partial charge is 0.483 e. The fourth-order valence-corrected chi connectivity index (χ4v) is 3.78. The Balaban J connectivity index is 1.51. The molecule has 2 N–H and O–H groups in total. The molecule has 1 unspecified atom stereocenters. The van der Waals surface area contributed by atoms with Crippen LogP contribution in [-0.2, 0) is 33.4 Å². The molecule has 1 atom stereocenters. The van der Waals surface area contributed by atoms with E-state index in [1.165, 1.54) is 18.2 Å². The molecule has 1 saturated heterocycles. The lowest BCUT2D eigenvalue weighted by atomic mass is 10.0. The van der Waals surface area contributed by atoms with Crippen LogP contribution >= 0.6 is 0 Å². The number of carbonyl (C=O) groups excluding carboxylic acids is 5. The van der Waals surface area contributed by atoms with E-state index in [0.717, 1.165) is 11.2 Å². The Morgan fingerprint density at radius 2 is 1.91 bits per heavy atom. The molecule has 2 heterocycles. The van der Waals surface area contributed by atoms with Crippen molar-refractivity contribution in [1.82, 2.24) is 15.5 Å². The maximum Gasteiger partial charge on any atom is 0.266 e. The number of piperidine rings is 1. The summed E-state index contributed by atoms with van der Waals surface area (Å²) >= 11 is 0. The quantitative estimate of drug-likeness (QED) is 0.210. The van der Waals surface area contributed by atoms with E-state index in [2.05, 4.69) is 14.8 Å². The molecule has 1 aromatic rings. The maximum atomic E-state index is 13.0. The number of benzene rings is 1. The summed E-state index contributed by atoms with van der Waals surface area (Å²) in [5, 5.41) is 4.64. The second-order valence-electron chi connectivity index (χ2n) is 7.40. The molecule has 13 nitrogen and oxygen atoms in total. The standard InChI is InChI=1S/C20H23N3O10S/c1-34(29,30)33-10-9-31-8-7-21-16(25)11-32-14-4-2-3-12-17(14)20(28)23(19(12)27)13-5-6-15(24)22-18(13)26/h2-4,13H,5-11H2,1H3,(H,21,25)(H,22,24,26). The van der Waals surface area contributed by atoms with E-state index in [-0.39, 0.29) is 56.1 Å². The van der Waals surface area contributed by atoms with Crippen molar-refractivity contribution in [1.29, 1.82) is 0 Å². The van der Waals surface area contributed by atoms with E-state index in [0.29, 0.717) is 0 Å². The number of fused-ring (bicyclic) bond motifs is 1. The van der Waals surface area contributed by atoms with Gasteiger partial charge in [-0.1, -0.05) is 6.07 Å². The molecule has 2 aliphatic heterocycles. The van der Waals surface area contributed by atoms with Crippen LogP contribution in [0, 0.1) is 0 Å². The maximum absolute atomic E-state index is 13.0. The minimum absolute atomic E-state index is 0.00177. The first-order valence-corrected chi connectivity index (χ1v) is 12.1. The Kier molecular flexibility index (Phi) is 7.96. The molecule has 0 spiro atoms. The van der Waals surface area contributed by atoms with Gasteiger partial charge in [0.15, 0.2) is 6.61 Å². The Bertz CT molecular complexity index is 1120. The number of ether oxygens (including phenoxy) is 2. The van der Waals surface area contributed by atoms with Crippen molar-refractivity contribution in [2.24, 2.45) is 0 Å². The Hall–Kier alpha value is -3.36. The number of imide groups is 2. The molecule has 34 heavy (non-hydrogen) atoms. The second-order valence-corrected chi connectivity index (χ2v) is 9.05. The number of amides is 5. The highest BCUT2D eigenvalue weighted by Gasteiger charge is 2.46. The fourth-order valence-electron chi connectivity index (χ4n) is 3.41. The van der Waals surface area contributed by atoms with Gasteiger partial charge in [-0.05, 0) is 18.6 Å². The van der Waals surface area contributed by atoms with E-state index < -0.39 is 52.3 Å². The third-order valence-corrected chi connectivity index (χ3v) is 5.48. The highest BCUT2D eigenvalue weighted by Crippen LogP contribution is 2.33. The Morgan fingerprint density at radius 3 is 2.62 bits per heavy atom. The minimum atomic E-state index is -3.54. The summed E-state index contributed by atoms with van der Waals surface area (Å²) in [5.74, 6) is -3.13. The zero-order chi connectivity index (χ0) is 24.9. The van der Waals surface area contributed by atoms with Crippen molar-refractivity contribution in [2.45, 2.75) is 18.9 Å². The van der Waals surface area contributed by atoms with E-state index in [1.807, 2.05) is 0 Å². The van der Waals surface area contributed by atoms with Gasteiger partial charge in [-0.3, -0.25) is 38.4 Å². The third-order valence-electron chi connectivity index (χ3n) is 4.88.